The monoisotopic (exact) mass is 777 g/mol. The maximum atomic E-state index is 10.2. The van der Waals surface area contributed by atoms with Gasteiger partial charge in [-0.25, -0.2) is 0 Å². The molecule has 0 fully saturated rings. The van der Waals surface area contributed by atoms with E-state index in [1.807, 2.05) is 66.9 Å². The van der Waals surface area contributed by atoms with Crippen LogP contribution in [0, 0.1) is 6.07 Å². The van der Waals surface area contributed by atoms with Crippen LogP contribution in [0.2, 0.25) is 0 Å². The average molecular weight is 777 g/mol. The molecule has 8 aromatic rings. The molecule has 0 amide bonds. The molecule has 0 aliphatic carbocycles. The molecule has 0 unspecified atom stereocenters. The molecule has 0 saturated carbocycles. The van der Waals surface area contributed by atoms with Crippen molar-refractivity contribution >= 4 is 43.5 Å². The smallest absolute Gasteiger partial charge is 0.127 e. The minimum atomic E-state index is -0.0566. The summed E-state index contributed by atoms with van der Waals surface area (Å²) in [5.74, 6) is 2.04. The van der Waals surface area contributed by atoms with Crippen LogP contribution in [0.3, 0.4) is 0 Å². The summed E-state index contributed by atoms with van der Waals surface area (Å²) < 4.78 is 8.57. The fraction of sp³-hybridized carbons (Fsp3) is 0.100. The first-order valence-corrected chi connectivity index (χ1v) is 15.1. The van der Waals surface area contributed by atoms with E-state index in [-0.39, 0.29) is 31.3 Å². The number of hydrogen-bond acceptors (Lipinski definition) is 4. The number of benzene rings is 5. The molecule has 5 aromatic carbocycles. The molecular weight excluding hydrogens is 747 g/mol. The maximum absolute atomic E-state index is 10.2. The Morgan fingerprint density at radius 1 is 0.717 bits per heavy atom. The Kier molecular flexibility index (Phi) is 7.35. The molecule has 0 spiro atoms. The molecule has 1 aliphatic rings. The van der Waals surface area contributed by atoms with E-state index in [1.165, 1.54) is 10.9 Å². The molecule has 1 aliphatic heterocycles. The standard InChI is InChI=1S/C23H18NO.C17H12N2O.Ir/c1-23(2,3)20-16-9-5-4-7-15(16)13-17-21-19-14(11-12-24-21)8-6-10-18(19)25-22(17)20;20-15-10-4-8-13-16(15)17-14(9-5-11-18-17)19(13)12-6-2-1-3-7-12;/h4-12H,1-3H3;1-11,20H;/q-1;;. The van der Waals surface area contributed by atoms with Crippen LogP contribution < -0.4 is 4.74 Å². The van der Waals surface area contributed by atoms with Crippen molar-refractivity contribution < 1.29 is 29.9 Å². The van der Waals surface area contributed by atoms with Gasteiger partial charge < -0.3 is 14.4 Å². The number of pyridine rings is 2. The third kappa shape index (κ3) is 4.73. The van der Waals surface area contributed by atoms with E-state index in [0.29, 0.717) is 0 Å². The fourth-order valence-electron chi connectivity index (χ4n) is 6.56. The fourth-order valence-corrected chi connectivity index (χ4v) is 6.56. The van der Waals surface area contributed by atoms with Crippen molar-refractivity contribution in [3.05, 3.63) is 133 Å². The summed E-state index contributed by atoms with van der Waals surface area (Å²) in [5.41, 5.74) is 6.93. The maximum Gasteiger partial charge on any atom is 0.127 e. The van der Waals surface area contributed by atoms with Crippen molar-refractivity contribution in [1.82, 2.24) is 14.5 Å². The molecule has 0 atom stereocenters. The van der Waals surface area contributed by atoms with Gasteiger partial charge in [-0.2, -0.15) is 0 Å². The predicted octanol–water partition coefficient (Wildman–Crippen LogP) is 10.1. The Hall–Kier alpha value is -5.03. The van der Waals surface area contributed by atoms with Crippen LogP contribution in [0.1, 0.15) is 26.3 Å². The normalized spacial score (nSPS) is 11.9. The van der Waals surface area contributed by atoms with Crippen LogP contribution >= 0.6 is 0 Å². The van der Waals surface area contributed by atoms with E-state index in [2.05, 4.69) is 78.9 Å². The number of phenolic OH excluding ortho intramolecular Hbond substituents is 1. The van der Waals surface area contributed by atoms with Gasteiger partial charge in [0.25, 0.3) is 0 Å². The van der Waals surface area contributed by atoms with Crippen molar-refractivity contribution in [2.24, 2.45) is 0 Å². The van der Waals surface area contributed by atoms with Crippen molar-refractivity contribution in [2.75, 3.05) is 0 Å². The summed E-state index contributed by atoms with van der Waals surface area (Å²) in [6.45, 7) is 6.69. The van der Waals surface area contributed by atoms with Crippen LogP contribution in [0.5, 0.6) is 17.2 Å². The molecule has 1 N–H and O–H groups in total. The van der Waals surface area contributed by atoms with Gasteiger partial charge >= 0.3 is 0 Å². The largest absolute Gasteiger partial charge is 0.507 e. The Morgan fingerprint density at radius 2 is 1.48 bits per heavy atom. The first kappa shape index (κ1) is 29.7. The van der Waals surface area contributed by atoms with Crippen LogP contribution in [-0.4, -0.2) is 19.6 Å². The molecular formula is C40H30IrN3O2-. The Morgan fingerprint density at radius 3 is 2.30 bits per heavy atom. The van der Waals surface area contributed by atoms with Gasteiger partial charge in [0.1, 0.15) is 17.0 Å². The van der Waals surface area contributed by atoms with Gasteiger partial charge in [-0.3, -0.25) is 9.97 Å². The van der Waals surface area contributed by atoms with E-state index < -0.39 is 0 Å². The van der Waals surface area contributed by atoms with Crippen LogP contribution in [-0.2, 0) is 25.5 Å². The molecule has 5 nitrogen and oxygen atoms in total. The summed E-state index contributed by atoms with van der Waals surface area (Å²) >= 11 is 0. The Balaban J connectivity index is 0.000000147. The van der Waals surface area contributed by atoms with Crippen LogP contribution in [0.15, 0.2) is 122 Å². The zero-order chi connectivity index (χ0) is 30.7. The summed E-state index contributed by atoms with van der Waals surface area (Å²) in [6, 6.07) is 39.8. The number of para-hydroxylation sites is 1. The summed E-state index contributed by atoms with van der Waals surface area (Å²) in [7, 11) is 0. The predicted molar refractivity (Wildman–Crippen MR) is 183 cm³/mol. The van der Waals surface area contributed by atoms with Gasteiger partial charge in [0.15, 0.2) is 0 Å². The molecule has 1 radical (unpaired) electrons. The number of hydrogen-bond donors (Lipinski definition) is 1. The van der Waals surface area contributed by atoms with E-state index in [9.17, 15) is 5.11 Å². The van der Waals surface area contributed by atoms with Gasteiger partial charge in [-0.1, -0.05) is 91.9 Å². The first-order valence-electron chi connectivity index (χ1n) is 15.1. The van der Waals surface area contributed by atoms with Crippen molar-refractivity contribution in [2.45, 2.75) is 26.2 Å². The molecule has 227 valence electrons. The second-order valence-electron chi connectivity index (χ2n) is 12.3. The number of aromatic hydroxyl groups is 1. The number of aromatic nitrogens is 3. The van der Waals surface area contributed by atoms with E-state index >= 15 is 0 Å². The summed E-state index contributed by atoms with van der Waals surface area (Å²) in [6.07, 6.45) is 3.62. The molecule has 46 heavy (non-hydrogen) atoms. The van der Waals surface area contributed by atoms with E-state index in [0.717, 1.165) is 66.5 Å². The van der Waals surface area contributed by atoms with Gasteiger partial charge in [-0.15, -0.1) is 17.5 Å². The van der Waals surface area contributed by atoms with Gasteiger partial charge in [0.2, 0.25) is 0 Å². The molecule has 3 aromatic heterocycles. The van der Waals surface area contributed by atoms with Crippen LogP contribution in [0.25, 0.3) is 60.4 Å². The second kappa shape index (κ2) is 11.4. The van der Waals surface area contributed by atoms with Crippen molar-refractivity contribution in [1.29, 1.82) is 0 Å². The number of nitrogens with zero attached hydrogens (tertiary/aromatic N) is 3. The number of rotatable bonds is 1. The third-order valence-corrected chi connectivity index (χ3v) is 8.40. The molecule has 4 heterocycles. The van der Waals surface area contributed by atoms with Crippen molar-refractivity contribution in [3.8, 4) is 34.2 Å². The number of phenols is 1. The zero-order valence-electron chi connectivity index (χ0n) is 25.6. The summed E-state index contributed by atoms with van der Waals surface area (Å²) in [5, 5.41) is 15.5. The van der Waals surface area contributed by atoms with Gasteiger partial charge in [0, 0.05) is 49.3 Å². The number of ether oxygens (including phenoxy) is 1. The minimum absolute atomic E-state index is 0. The number of fused-ring (bicyclic) bond motifs is 6. The molecule has 0 saturated heterocycles. The second-order valence-corrected chi connectivity index (χ2v) is 12.3. The third-order valence-electron chi connectivity index (χ3n) is 8.40. The van der Waals surface area contributed by atoms with Gasteiger partial charge in [-0.05, 0) is 59.3 Å². The SMILES string of the molecule is CC(C)(C)c1c2c([c-]c3ccccc13)-c1nccc3cccc(c13)O2.Oc1cccc2c1c1ncccc1n2-c1ccccc1.[Ir]. The summed E-state index contributed by atoms with van der Waals surface area (Å²) in [4.78, 5) is 9.13. The Bertz CT molecular complexity index is 2400. The molecule has 9 rings (SSSR count). The first-order chi connectivity index (χ1) is 21.9. The minimum Gasteiger partial charge on any atom is -0.507 e. The molecule has 0 bridgehead atoms. The van der Waals surface area contributed by atoms with Crippen molar-refractivity contribution in [3.63, 3.8) is 0 Å². The van der Waals surface area contributed by atoms with Crippen LogP contribution in [0.4, 0.5) is 0 Å². The average Bonchev–Trinajstić information content (AvgIpc) is 3.40. The van der Waals surface area contributed by atoms with Gasteiger partial charge in [0.05, 0.1) is 22.2 Å². The zero-order valence-corrected chi connectivity index (χ0v) is 28.0. The Labute approximate surface area is 280 Å². The van der Waals surface area contributed by atoms with E-state index in [4.69, 9.17) is 9.72 Å². The topological polar surface area (TPSA) is 60.2 Å². The quantitative estimate of drug-likeness (QED) is 0.169. The molecule has 6 heteroatoms. The van der Waals surface area contributed by atoms with E-state index in [1.54, 1.807) is 12.3 Å².